The third-order valence-corrected chi connectivity index (χ3v) is 5.01. The van der Waals surface area contributed by atoms with E-state index in [2.05, 4.69) is 5.32 Å². The molecule has 1 aromatic carbocycles. The van der Waals surface area contributed by atoms with Gasteiger partial charge in [-0.05, 0) is 17.7 Å². The van der Waals surface area contributed by atoms with E-state index in [1.165, 1.54) is 12.1 Å². The van der Waals surface area contributed by atoms with Crippen molar-refractivity contribution in [2.45, 2.75) is 47.7 Å². The van der Waals surface area contributed by atoms with Crippen LogP contribution in [-0.2, 0) is 19.1 Å². The number of alkyl halides is 2. The maximum Gasteiger partial charge on any atom is 0.335 e. The summed E-state index contributed by atoms with van der Waals surface area (Å²) in [6.45, 7) is -0.774. The van der Waals surface area contributed by atoms with E-state index in [0.717, 1.165) is 12.1 Å². The van der Waals surface area contributed by atoms with Gasteiger partial charge in [0, 0.05) is 12.1 Å². The normalized spacial score (nSPS) is 27.5. The number of carboxylic acids is 1. The van der Waals surface area contributed by atoms with Crippen LogP contribution in [0.25, 0.3) is 0 Å². The number of ether oxygens (including phenoxy) is 2. The molecule has 0 spiro atoms. The van der Waals surface area contributed by atoms with Gasteiger partial charge in [0.1, 0.15) is 24.4 Å². The topological polar surface area (TPSA) is 209 Å². The minimum Gasteiger partial charge on any atom is -0.479 e. The van der Waals surface area contributed by atoms with Crippen molar-refractivity contribution in [3.05, 3.63) is 39.9 Å². The first kappa shape index (κ1) is 26.2. The van der Waals surface area contributed by atoms with Crippen LogP contribution in [-0.4, -0.2) is 90.5 Å². The molecule has 1 heterocycles. The summed E-state index contributed by atoms with van der Waals surface area (Å²) in [5.41, 5.74) is -0.143. The fraction of sp³-hybridized carbons (Fsp3) is 0.529. The molecule has 1 fully saturated rings. The van der Waals surface area contributed by atoms with E-state index in [4.69, 9.17) is 32.7 Å². The number of nitrogens with zero attached hydrogens (tertiary/aromatic N) is 1. The molecule has 1 saturated heterocycles. The van der Waals surface area contributed by atoms with Gasteiger partial charge in [-0.1, -0.05) is 23.2 Å². The fourth-order valence-corrected chi connectivity index (χ4v) is 3.09. The van der Waals surface area contributed by atoms with E-state index in [-0.39, 0.29) is 11.3 Å². The molecule has 0 aliphatic carbocycles. The Hall–Kier alpha value is -2.10. The summed E-state index contributed by atoms with van der Waals surface area (Å²) in [7, 11) is 0. The number of aliphatic hydroxyl groups is 4. The van der Waals surface area contributed by atoms with Gasteiger partial charge in [0.05, 0.1) is 17.6 Å². The number of non-ortho nitro benzene ring substituents is 1. The minimum absolute atomic E-state index is 0.138. The summed E-state index contributed by atoms with van der Waals surface area (Å²) in [5.74, 6) is -2.57. The van der Waals surface area contributed by atoms with Crippen molar-refractivity contribution in [2.75, 3.05) is 6.61 Å². The summed E-state index contributed by atoms with van der Waals surface area (Å²) in [6, 6.07) is 3.36. The smallest absolute Gasteiger partial charge is 0.335 e. The molecule has 0 saturated carbocycles. The van der Waals surface area contributed by atoms with Crippen molar-refractivity contribution in [3.8, 4) is 0 Å². The number of benzene rings is 1. The quantitative estimate of drug-likeness (QED) is 0.135. The Bertz CT molecular complexity index is 825. The maximum absolute atomic E-state index is 11.9. The average Bonchev–Trinajstić information content (AvgIpc) is 2.75. The number of carbonyl (C=O) groups is 2. The highest BCUT2D eigenvalue weighted by molar-refractivity contribution is 6.53. The first-order valence-electron chi connectivity index (χ1n) is 8.99. The van der Waals surface area contributed by atoms with Crippen molar-refractivity contribution in [1.82, 2.24) is 5.32 Å². The van der Waals surface area contributed by atoms with Crippen LogP contribution in [0.3, 0.4) is 0 Å². The molecular weight excluding hydrogens is 479 g/mol. The number of nitro benzene ring substituents is 1. The van der Waals surface area contributed by atoms with E-state index in [0.29, 0.717) is 0 Å². The van der Waals surface area contributed by atoms with Crippen LogP contribution in [0.4, 0.5) is 5.69 Å². The van der Waals surface area contributed by atoms with Crippen molar-refractivity contribution in [3.63, 3.8) is 0 Å². The standard InChI is InChI=1S/C17H20Cl2N2O11/c18-14(19)15(26)20-8(5-22)12(6-1-3-7(4-2-6)21(29)30)31-17-11(25)9(23)10(24)13(32-17)16(27)28/h1-4,8-14,17,22-25H,5H2,(H,20,26)(H,27,28). The zero-order valence-corrected chi connectivity index (χ0v) is 17.5. The molecular formula is C17H20Cl2N2O11. The number of nitrogens with one attached hydrogen (secondary N) is 1. The Morgan fingerprint density at radius 1 is 1.16 bits per heavy atom. The fourth-order valence-electron chi connectivity index (χ4n) is 2.96. The van der Waals surface area contributed by atoms with Crippen LogP contribution in [0.1, 0.15) is 11.7 Å². The van der Waals surface area contributed by atoms with Gasteiger partial charge in [-0.25, -0.2) is 4.79 Å². The van der Waals surface area contributed by atoms with Gasteiger partial charge in [0.25, 0.3) is 11.6 Å². The second-order valence-corrected chi connectivity index (χ2v) is 7.84. The molecule has 1 amide bonds. The molecule has 2 rings (SSSR count). The SMILES string of the molecule is O=C(NC(CO)C(OC1OC(C(=O)O)C(O)C(O)C1O)c1ccc([N+](=O)[O-])cc1)C(Cl)Cl. The Labute approximate surface area is 190 Å². The molecule has 1 aromatic rings. The summed E-state index contributed by atoms with van der Waals surface area (Å²) in [6.07, 6.45) is -11.1. The van der Waals surface area contributed by atoms with E-state index >= 15 is 0 Å². The number of nitro groups is 1. The second kappa shape index (κ2) is 11.2. The molecule has 13 nitrogen and oxygen atoms in total. The van der Waals surface area contributed by atoms with Gasteiger partial charge in [0.2, 0.25) is 0 Å². The Morgan fingerprint density at radius 3 is 2.22 bits per heavy atom. The van der Waals surface area contributed by atoms with Crippen molar-refractivity contribution in [1.29, 1.82) is 0 Å². The number of halogens is 2. The van der Waals surface area contributed by atoms with Crippen LogP contribution in [0.15, 0.2) is 24.3 Å². The van der Waals surface area contributed by atoms with E-state index in [1.807, 2.05) is 0 Å². The van der Waals surface area contributed by atoms with Crippen molar-refractivity contribution in [2.24, 2.45) is 0 Å². The number of aliphatic hydroxyl groups excluding tert-OH is 4. The highest BCUT2D eigenvalue weighted by atomic mass is 35.5. The second-order valence-electron chi connectivity index (χ2n) is 6.74. The van der Waals surface area contributed by atoms with Gasteiger partial charge in [-0.3, -0.25) is 14.9 Å². The molecule has 7 unspecified atom stereocenters. The van der Waals surface area contributed by atoms with E-state index in [1.54, 1.807) is 0 Å². The van der Waals surface area contributed by atoms with E-state index < -0.39 is 71.1 Å². The summed E-state index contributed by atoms with van der Waals surface area (Å²) >= 11 is 11.0. The number of hydrogen-bond donors (Lipinski definition) is 6. The van der Waals surface area contributed by atoms with Gasteiger partial charge < -0.3 is 40.3 Å². The molecule has 0 bridgehead atoms. The predicted octanol–water partition coefficient (Wildman–Crippen LogP) is -1.17. The minimum atomic E-state index is -1.97. The van der Waals surface area contributed by atoms with Gasteiger partial charge in [-0.15, -0.1) is 0 Å². The molecule has 7 atom stereocenters. The Morgan fingerprint density at radius 2 is 1.75 bits per heavy atom. The van der Waals surface area contributed by atoms with Gasteiger partial charge >= 0.3 is 5.97 Å². The average molecular weight is 499 g/mol. The molecule has 1 aliphatic heterocycles. The molecule has 6 N–H and O–H groups in total. The zero-order chi connectivity index (χ0) is 24.2. The highest BCUT2D eigenvalue weighted by Gasteiger charge is 2.48. The molecule has 1 aliphatic rings. The molecule has 15 heteroatoms. The predicted molar refractivity (Wildman–Crippen MR) is 106 cm³/mol. The number of hydrogen-bond acceptors (Lipinski definition) is 10. The van der Waals surface area contributed by atoms with Crippen LogP contribution < -0.4 is 5.32 Å². The molecule has 0 aromatic heterocycles. The number of rotatable bonds is 9. The third kappa shape index (κ3) is 6.02. The highest BCUT2D eigenvalue weighted by Crippen LogP contribution is 2.31. The lowest BCUT2D eigenvalue weighted by Crippen LogP contribution is -2.61. The number of carbonyl (C=O) groups excluding carboxylic acids is 1. The first-order chi connectivity index (χ1) is 15.0. The molecule has 32 heavy (non-hydrogen) atoms. The van der Waals surface area contributed by atoms with Crippen molar-refractivity contribution >= 4 is 40.8 Å². The number of carboxylic acid groups (broad SMARTS) is 1. The van der Waals surface area contributed by atoms with Gasteiger partial charge in [0.15, 0.2) is 17.2 Å². The van der Waals surface area contributed by atoms with Crippen LogP contribution >= 0.6 is 23.2 Å². The Kier molecular flexibility index (Phi) is 9.12. The third-order valence-electron chi connectivity index (χ3n) is 4.61. The summed E-state index contributed by atoms with van der Waals surface area (Å²) in [5, 5.41) is 62.1. The largest absolute Gasteiger partial charge is 0.479 e. The monoisotopic (exact) mass is 498 g/mol. The number of aliphatic carboxylic acids is 1. The summed E-state index contributed by atoms with van der Waals surface area (Å²) < 4.78 is 10.7. The van der Waals surface area contributed by atoms with Crippen molar-refractivity contribution < 1.29 is 49.5 Å². The lowest BCUT2D eigenvalue weighted by molar-refractivity contribution is -0.384. The van der Waals surface area contributed by atoms with E-state index in [9.17, 15) is 45.2 Å². The maximum atomic E-state index is 11.9. The lowest BCUT2D eigenvalue weighted by atomic mass is 9.98. The zero-order valence-electron chi connectivity index (χ0n) is 16.0. The lowest BCUT2D eigenvalue weighted by Gasteiger charge is -2.41. The van der Waals surface area contributed by atoms with Crippen LogP contribution in [0.5, 0.6) is 0 Å². The van der Waals surface area contributed by atoms with Crippen LogP contribution in [0.2, 0.25) is 0 Å². The van der Waals surface area contributed by atoms with Gasteiger partial charge in [-0.2, -0.15) is 0 Å². The summed E-state index contributed by atoms with van der Waals surface area (Å²) in [4.78, 5) is 31.9. The molecule has 178 valence electrons. The van der Waals surface area contributed by atoms with Crippen LogP contribution in [0, 0.1) is 10.1 Å². The first-order valence-corrected chi connectivity index (χ1v) is 9.86. The molecule has 0 radical (unpaired) electrons. The Balaban J connectivity index is 2.39. The number of amides is 1.